The summed E-state index contributed by atoms with van der Waals surface area (Å²) in [7, 11) is 0. The minimum atomic E-state index is -0.523. The van der Waals surface area contributed by atoms with Crippen molar-refractivity contribution in [2.24, 2.45) is 0 Å². The van der Waals surface area contributed by atoms with E-state index in [0.29, 0.717) is 17.9 Å². The first-order chi connectivity index (χ1) is 16.4. The first-order valence-electron chi connectivity index (χ1n) is 11.6. The number of benzene rings is 2. The van der Waals surface area contributed by atoms with Gasteiger partial charge >= 0.3 is 5.69 Å². The van der Waals surface area contributed by atoms with Gasteiger partial charge in [0.15, 0.2) is 5.82 Å². The van der Waals surface area contributed by atoms with Gasteiger partial charge in [0.2, 0.25) is 0 Å². The van der Waals surface area contributed by atoms with Crippen molar-refractivity contribution in [3.8, 4) is 22.8 Å². The molecule has 5 rings (SSSR count). The molecule has 3 aromatic rings. The van der Waals surface area contributed by atoms with Gasteiger partial charge in [-0.2, -0.15) is 10.1 Å². The van der Waals surface area contributed by atoms with Gasteiger partial charge in [0.1, 0.15) is 5.65 Å². The minimum absolute atomic E-state index is 0.310. The van der Waals surface area contributed by atoms with Crippen molar-refractivity contribution in [1.82, 2.24) is 23.9 Å². The Morgan fingerprint density at radius 2 is 1.65 bits per heavy atom. The lowest BCUT2D eigenvalue weighted by atomic mass is 10.1. The van der Waals surface area contributed by atoms with Crippen LogP contribution in [0.5, 0.6) is 0 Å². The molecule has 0 N–H and O–H groups in total. The normalized spacial score (nSPS) is 11.5. The second kappa shape index (κ2) is 8.41. The summed E-state index contributed by atoms with van der Waals surface area (Å²) >= 11 is 0. The minimum Gasteiger partial charge on any atom is -0.278 e. The van der Waals surface area contributed by atoms with Crippen molar-refractivity contribution >= 4 is 11.0 Å². The second-order valence-corrected chi connectivity index (χ2v) is 8.76. The Kier molecular flexibility index (Phi) is 5.40. The smallest absolute Gasteiger partial charge is 0.278 e. The maximum atomic E-state index is 13.5. The fourth-order valence-electron chi connectivity index (χ4n) is 4.36. The third kappa shape index (κ3) is 3.44. The summed E-state index contributed by atoms with van der Waals surface area (Å²) in [5.41, 5.74) is 5.12. The zero-order chi connectivity index (χ0) is 24.0. The molecule has 0 atom stereocenters. The number of pyridine rings is 1. The van der Waals surface area contributed by atoms with Crippen molar-refractivity contribution < 1.29 is 0 Å². The third-order valence-corrected chi connectivity index (χ3v) is 6.43. The number of hydrogen-bond donors (Lipinski definition) is 0. The van der Waals surface area contributed by atoms with Gasteiger partial charge in [0, 0.05) is 17.6 Å². The van der Waals surface area contributed by atoms with Crippen molar-refractivity contribution in [3.63, 3.8) is 0 Å². The molecule has 0 fully saturated rings. The monoisotopic (exact) mass is 453 g/mol. The van der Waals surface area contributed by atoms with Gasteiger partial charge in [-0.1, -0.05) is 37.6 Å². The quantitative estimate of drug-likeness (QED) is 0.391. The summed E-state index contributed by atoms with van der Waals surface area (Å²) in [6.45, 7) is 8.43. The van der Waals surface area contributed by atoms with E-state index in [1.807, 2.05) is 78.6 Å². The van der Waals surface area contributed by atoms with Crippen molar-refractivity contribution in [1.29, 1.82) is 0 Å². The Morgan fingerprint density at radius 3 is 2.35 bits per heavy atom. The van der Waals surface area contributed by atoms with E-state index < -0.39 is 5.69 Å². The predicted octanol–water partition coefficient (Wildman–Crippen LogP) is 4.56. The van der Waals surface area contributed by atoms with Crippen LogP contribution in [-0.2, 0) is 6.54 Å². The molecule has 0 unspecified atom stereocenters. The highest BCUT2D eigenvalue weighted by Crippen LogP contribution is 2.31. The highest BCUT2D eigenvalue weighted by molar-refractivity contribution is 5.88. The fraction of sp³-hybridized carbons (Fsp3) is 0.259. The number of para-hydroxylation sites is 1. The van der Waals surface area contributed by atoms with E-state index in [9.17, 15) is 9.59 Å². The molecular formula is C27H27N5O2. The van der Waals surface area contributed by atoms with E-state index in [-0.39, 0.29) is 5.56 Å². The molecule has 0 spiro atoms. The lowest BCUT2D eigenvalue weighted by molar-refractivity contribution is 0.582. The van der Waals surface area contributed by atoms with Crippen LogP contribution in [0.4, 0.5) is 0 Å². The molecule has 7 heteroatoms. The van der Waals surface area contributed by atoms with Crippen molar-refractivity contribution in [2.75, 3.05) is 0 Å². The molecule has 7 nitrogen and oxygen atoms in total. The van der Waals surface area contributed by atoms with Crippen LogP contribution < -0.4 is 11.2 Å². The zero-order valence-electron chi connectivity index (χ0n) is 19.9. The summed E-state index contributed by atoms with van der Waals surface area (Å²) in [5, 5.41) is 5.66. The van der Waals surface area contributed by atoms with Gasteiger partial charge in [0.05, 0.1) is 16.9 Å². The van der Waals surface area contributed by atoms with Crippen LogP contribution in [0.15, 0.2) is 64.2 Å². The Hall–Kier alpha value is -4.00. The molecule has 0 saturated heterocycles. The van der Waals surface area contributed by atoms with Gasteiger partial charge in [0.25, 0.3) is 5.56 Å². The standard InChI is InChI=1S/C27H27N5O2/c1-5-6-14-30-26(33)23-16-22-19(4)29-32(20-10-8-7-9-11-20)25(22)31(24(23)28-27(30)34)21-13-12-17(2)18(3)15-21/h7-13,15-16H,5-6,14H2,1-4H3. The Bertz CT molecular complexity index is 1610. The molecule has 0 aliphatic carbocycles. The molecule has 2 aliphatic rings. The van der Waals surface area contributed by atoms with Crippen LogP contribution in [0, 0.1) is 20.8 Å². The molecule has 34 heavy (non-hydrogen) atoms. The molecule has 1 aromatic heterocycles. The van der Waals surface area contributed by atoms with Crippen LogP contribution in [0.1, 0.15) is 36.6 Å². The predicted molar refractivity (Wildman–Crippen MR) is 134 cm³/mol. The highest BCUT2D eigenvalue weighted by Gasteiger charge is 2.25. The maximum absolute atomic E-state index is 13.5. The molecule has 0 saturated carbocycles. The summed E-state index contributed by atoms with van der Waals surface area (Å²) in [6, 6.07) is 17.8. The van der Waals surface area contributed by atoms with Gasteiger partial charge in [-0.25, -0.2) is 9.48 Å². The Labute approximate surface area is 197 Å². The number of rotatable bonds is 5. The molecule has 2 aliphatic heterocycles. The summed E-state index contributed by atoms with van der Waals surface area (Å²) in [5.74, 6) is 0.343. The van der Waals surface area contributed by atoms with E-state index in [0.717, 1.165) is 52.1 Å². The van der Waals surface area contributed by atoms with Gasteiger partial charge < -0.3 is 0 Å². The number of aromatic nitrogens is 5. The van der Waals surface area contributed by atoms with Crippen LogP contribution >= 0.6 is 0 Å². The number of fused-ring (bicyclic) bond motifs is 2. The van der Waals surface area contributed by atoms with E-state index in [1.165, 1.54) is 4.57 Å². The summed E-state index contributed by atoms with van der Waals surface area (Å²) in [4.78, 5) is 30.9. The molecule has 0 radical (unpaired) electrons. The maximum Gasteiger partial charge on any atom is 0.352 e. The second-order valence-electron chi connectivity index (χ2n) is 8.76. The van der Waals surface area contributed by atoms with E-state index in [4.69, 9.17) is 5.10 Å². The van der Waals surface area contributed by atoms with Crippen molar-refractivity contribution in [3.05, 3.63) is 92.3 Å². The number of nitrogens with zero attached hydrogens (tertiary/aromatic N) is 5. The van der Waals surface area contributed by atoms with Gasteiger partial charge in [-0.05, 0) is 68.7 Å². The van der Waals surface area contributed by atoms with Gasteiger partial charge in [-0.15, -0.1) is 0 Å². The molecule has 0 amide bonds. The number of aryl methyl sites for hydroxylation is 3. The lowest BCUT2D eigenvalue weighted by Gasteiger charge is -2.19. The Morgan fingerprint density at radius 1 is 0.882 bits per heavy atom. The molecule has 2 aromatic carbocycles. The number of hydrogen-bond acceptors (Lipinski definition) is 4. The van der Waals surface area contributed by atoms with E-state index >= 15 is 0 Å². The van der Waals surface area contributed by atoms with Gasteiger partial charge in [-0.3, -0.25) is 13.9 Å². The van der Waals surface area contributed by atoms with E-state index in [2.05, 4.69) is 18.0 Å². The molecule has 172 valence electrons. The largest absolute Gasteiger partial charge is 0.352 e. The highest BCUT2D eigenvalue weighted by atomic mass is 16.2. The van der Waals surface area contributed by atoms with Crippen LogP contribution in [0.3, 0.4) is 0 Å². The molecule has 0 bridgehead atoms. The van der Waals surface area contributed by atoms with Crippen LogP contribution in [0.25, 0.3) is 33.8 Å². The summed E-state index contributed by atoms with van der Waals surface area (Å²) < 4.78 is 5.00. The van der Waals surface area contributed by atoms with E-state index in [1.54, 1.807) is 0 Å². The average Bonchev–Trinajstić information content (AvgIpc) is 3.16. The SMILES string of the molecule is CCCCn1c(=O)nc2n(-c3ccc(C)c(C)c3)c3c(cc-2c1=O)c(C)nn3-c1ccccc1. The van der Waals surface area contributed by atoms with Crippen molar-refractivity contribution in [2.45, 2.75) is 47.1 Å². The fourth-order valence-corrected chi connectivity index (χ4v) is 4.36. The molecular weight excluding hydrogens is 426 g/mol. The lowest BCUT2D eigenvalue weighted by Crippen LogP contribution is -2.38. The first-order valence-corrected chi connectivity index (χ1v) is 11.6. The summed E-state index contributed by atoms with van der Waals surface area (Å²) in [6.07, 6.45) is 1.63. The third-order valence-electron chi connectivity index (χ3n) is 6.43. The first kappa shape index (κ1) is 21.8. The number of unbranched alkanes of at least 4 members (excludes halogenated alkanes) is 1. The van der Waals surface area contributed by atoms with Crippen LogP contribution in [-0.4, -0.2) is 23.9 Å². The Balaban J connectivity index is 1.97. The van der Waals surface area contributed by atoms with Crippen LogP contribution in [0.2, 0.25) is 0 Å². The molecule has 3 heterocycles. The zero-order valence-corrected chi connectivity index (χ0v) is 19.9. The average molecular weight is 454 g/mol. The topological polar surface area (TPSA) is 74.7 Å².